The molecule has 15 heavy (non-hydrogen) atoms. The molecule has 1 saturated heterocycles. The van der Waals surface area contributed by atoms with E-state index in [1.807, 2.05) is 4.90 Å². The van der Waals surface area contributed by atoms with Crippen LogP contribution in [0, 0.1) is 0 Å². The first kappa shape index (κ1) is 12.4. The van der Waals surface area contributed by atoms with Crippen LogP contribution in [-0.2, 0) is 9.53 Å². The Morgan fingerprint density at radius 3 is 2.40 bits per heavy atom. The Hall–Kier alpha value is -0.620. The molecule has 0 aromatic heterocycles. The minimum Gasteiger partial charge on any atom is -0.379 e. The highest BCUT2D eigenvalue weighted by atomic mass is 19.4. The molecule has 1 rings (SSSR count). The van der Waals surface area contributed by atoms with Crippen LogP contribution in [0.15, 0.2) is 0 Å². The van der Waals surface area contributed by atoms with Gasteiger partial charge in [0.25, 0.3) is 0 Å². The van der Waals surface area contributed by atoms with Crippen LogP contribution in [0.3, 0.4) is 0 Å². The molecule has 0 aromatic carbocycles. The summed E-state index contributed by atoms with van der Waals surface area (Å²) in [6.07, 6.45) is -5.71. The molecule has 0 radical (unpaired) electrons. The van der Waals surface area contributed by atoms with Crippen molar-refractivity contribution in [2.24, 2.45) is 0 Å². The van der Waals surface area contributed by atoms with Crippen LogP contribution in [0.5, 0.6) is 0 Å². The van der Waals surface area contributed by atoms with E-state index in [0.29, 0.717) is 32.8 Å². The molecule has 0 aliphatic carbocycles. The van der Waals surface area contributed by atoms with Crippen LogP contribution in [0.1, 0.15) is 12.8 Å². The van der Waals surface area contributed by atoms with Crippen LogP contribution in [0.25, 0.3) is 0 Å². The second kappa shape index (κ2) is 5.46. The fourth-order valence-corrected chi connectivity index (χ4v) is 1.42. The van der Waals surface area contributed by atoms with E-state index in [1.54, 1.807) is 0 Å². The standard InChI is InChI=1S/C9H14F3NO2/c10-9(11,12)7-8(14)1-2-13-3-5-15-6-4-13/h1-7H2. The molecule has 1 heterocycles. The molecule has 0 atom stereocenters. The van der Waals surface area contributed by atoms with Crippen molar-refractivity contribution in [2.45, 2.75) is 19.0 Å². The predicted molar refractivity (Wildman–Crippen MR) is 47.6 cm³/mol. The molecule has 0 amide bonds. The van der Waals surface area contributed by atoms with Crippen LogP contribution < -0.4 is 0 Å². The van der Waals surface area contributed by atoms with Gasteiger partial charge in [-0.25, -0.2) is 0 Å². The van der Waals surface area contributed by atoms with Crippen LogP contribution in [-0.4, -0.2) is 49.7 Å². The van der Waals surface area contributed by atoms with E-state index in [9.17, 15) is 18.0 Å². The number of halogens is 3. The van der Waals surface area contributed by atoms with Gasteiger partial charge in [-0.15, -0.1) is 0 Å². The van der Waals surface area contributed by atoms with E-state index >= 15 is 0 Å². The SMILES string of the molecule is O=C(CCN1CCOCC1)CC(F)(F)F. The van der Waals surface area contributed by atoms with Gasteiger partial charge < -0.3 is 4.74 Å². The van der Waals surface area contributed by atoms with Crippen LogP contribution >= 0.6 is 0 Å². The topological polar surface area (TPSA) is 29.5 Å². The Morgan fingerprint density at radius 2 is 1.87 bits per heavy atom. The van der Waals surface area contributed by atoms with E-state index < -0.39 is 18.4 Å². The van der Waals surface area contributed by atoms with Crippen molar-refractivity contribution >= 4 is 5.78 Å². The molecule has 0 N–H and O–H groups in total. The molecule has 0 aromatic rings. The van der Waals surface area contributed by atoms with Crippen molar-refractivity contribution < 1.29 is 22.7 Å². The molecular weight excluding hydrogens is 211 g/mol. The van der Waals surface area contributed by atoms with Gasteiger partial charge in [-0.3, -0.25) is 9.69 Å². The number of hydrogen-bond acceptors (Lipinski definition) is 3. The first-order valence-electron chi connectivity index (χ1n) is 4.86. The molecular formula is C9H14F3NO2. The van der Waals surface area contributed by atoms with Gasteiger partial charge >= 0.3 is 6.18 Å². The fourth-order valence-electron chi connectivity index (χ4n) is 1.42. The van der Waals surface area contributed by atoms with Gasteiger partial charge in [-0.2, -0.15) is 13.2 Å². The average Bonchev–Trinajstić information content (AvgIpc) is 2.14. The van der Waals surface area contributed by atoms with Gasteiger partial charge in [-0.05, 0) is 0 Å². The van der Waals surface area contributed by atoms with Crippen molar-refractivity contribution in [1.29, 1.82) is 0 Å². The number of carbonyl (C=O) groups excluding carboxylic acids is 1. The number of ether oxygens (including phenoxy) is 1. The van der Waals surface area contributed by atoms with Gasteiger partial charge in [0.15, 0.2) is 0 Å². The molecule has 6 heteroatoms. The van der Waals surface area contributed by atoms with E-state index in [2.05, 4.69) is 0 Å². The maximum atomic E-state index is 11.8. The van der Waals surface area contributed by atoms with E-state index in [1.165, 1.54) is 0 Å². The summed E-state index contributed by atoms with van der Waals surface area (Å²) in [6.45, 7) is 2.97. The molecule has 1 aliphatic rings. The lowest BCUT2D eigenvalue weighted by molar-refractivity contribution is -0.152. The zero-order valence-corrected chi connectivity index (χ0v) is 8.35. The lowest BCUT2D eigenvalue weighted by Crippen LogP contribution is -2.37. The second-order valence-corrected chi connectivity index (χ2v) is 3.53. The summed E-state index contributed by atoms with van der Waals surface area (Å²) in [5, 5.41) is 0. The van der Waals surface area contributed by atoms with Crippen molar-refractivity contribution in [1.82, 2.24) is 4.90 Å². The molecule has 0 saturated carbocycles. The number of hydrogen-bond donors (Lipinski definition) is 0. The number of carbonyl (C=O) groups is 1. The molecule has 1 fully saturated rings. The smallest absolute Gasteiger partial charge is 0.379 e. The Morgan fingerprint density at radius 1 is 1.27 bits per heavy atom. The Balaban J connectivity index is 2.15. The third kappa shape index (κ3) is 5.74. The summed E-state index contributed by atoms with van der Waals surface area (Å²) in [7, 11) is 0. The minimum atomic E-state index is -4.37. The number of Topliss-reactive ketones (excluding diaryl/α,β-unsaturated/α-hetero) is 1. The molecule has 0 spiro atoms. The Bertz CT molecular complexity index is 212. The first-order valence-corrected chi connectivity index (χ1v) is 4.86. The largest absolute Gasteiger partial charge is 0.395 e. The maximum absolute atomic E-state index is 11.8. The Labute approximate surface area is 86.2 Å². The molecule has 88 valence electrons. The number of alkyl halides is 3. The summed E-state index contributed by atoms with van der Waals surface area (Å²) in [5.74, 6) is -0.742. The molecule has 1 aliphatic heterocycles. The van der Waals surface area contributed by atoms with E-state index in [0.717, 1.165) is 0 Å². The summed E-state index contributed by atoms with van der Waals surface area (Å²) in [5.41, 5.74) is 0. The van der Waals surface area contributed by atoms with Crippen molar-refractivity contribution in [3.63, 3.8) is 0 Å². The highest BCUT2D eigenvalue weighted by Gasteiger charge is 2.30. The summed E-state index contributed by atoms with van der Waals surface area (Å²) in [4.78, 5) is 12.9. The third-order valence-corrected chi connectivity index (χ3v) is 2.21. The van der Waals surface area contributed by atoms with Crippen molar-refractivity contribution in [2.75, 3.05) is 32.8 Å². The fraction of sp³-hybridized carbons (Fsp3) is 0.889. The molecule has 0 bridgehead atoms. The van der Waals surface area contributed by atoms with Gasteiger partial charge in [-0.1, -0.05) is 0 Å². The number of rotatable bonds is 4. The van der Waals surface area contributed by atoms with Crippen molar-refractivity contribution in [3.05, 3.63) is 0 Å². The lowest BCUT2D eigenvalue weighted by Gasteiger charge is -2.26. The zero-order valence-electron chi connectivity index (χ0n) is 8.35. The highest BCUT2D eigenvalue weighted by Crippen LogP contribution is 2.20. The number of nitrogens with zero attached hydrogens (tertiary/aromatic N) is 1. The molecule has 0 unspecified atom stereocenters. The van der Waals surface area contributed by atoms with E-state index in [-0.39, 0.29) is 6.42 Å². The van der Waals surface area contributed by atoms with Gasteiger partial charge in [0.2, 0.25) is 0 Å². The first-order chi connectivity index (χ1) is 6.97. The van der Waals surface area contributed by atoms with Gasteiger partial charge in [0, 0.05) is 26.1 Å². The Kier molecular flexibility index (Phi) is 4.53. The predicted octanol–water partition coefficient (Wildman–Crippen LogP) is 1.23. The van der Waals surface area contributed by atoms with Crippen LogP contribution in [0.4, 0.5) is 13.2 Å². The summed E-state index contributed by atoms with van der Waals surface area (Å²) in [6, 6.07) is 0. The number of morpholine rings is 1. The highest BCUT2D eigenvalue weighted by molar-refractivity contribution is 5.79. The number of ketones is 1. The quantitative estimate of drug-likeness (QED) is 0.720. The van der Waals surface area contributed by atoms with Crippen LogP contribution in [0.2, 0.25) is 0 Å². The van der Waals surface area contributed by atoms with Gasteiger partial charge in [0.1, 0.15) is 12.2 Å². The normalized spacial score (nSPS) is 19.1. The average molecular weight is 225 g/mol. The summed E-state index contributed by atoms with van der Waals surface area (Å²) < 4.78 is 40.5. The zero-order chi connectivity index (χ0) is 11.3. The second-order valence-electron chi connectivity index (χ2n) is 3.53. The maximum Gasteiger partial charge on any atom is 0.395 e. The van der Waals surface area contributed by atoms with Crippen molar-refractivity contribution in [3.8, 4) is 0 Å². The molecule has 3 nitrogen and oxygen atoms in total. The summed E-state index contributed by atoms with van der Waals surface area (Å²) >= 11 is 0. The van der Waals surface area contributed by atoms with Gasteiger partial charge in [0.05, 0.1) is 13.2 Å². The van der Waals surface area contributed by atoms with E-state index in [4.69, 9.17) is 4.74 Å². The lowest BCUT2D eigenvalue weighted by atomic mass is 10.2. The monoisotopic (exact) mass is 225 g/mol. The minimum absolute atomic E-state index is 0.0283. The third-order valence-electron chi connectivity index (χ3n) is 2.21.